The van der Waals surface area contributed by atoms with Crippen LogP contribution in [0.5, 0.6) is 23.0 Å². The number of ether oxygens (including phenoxy) is 7. The molecule has 3 saturated heterocycles. The average molecular weight is 593 g/mol. The minimum atomic E-state index is -1.29. The van der Waals surface area contributed by atoms with Gasteiger partial charge in [-0.25, -0.2) is 4.79 Å². The van der Waals surface area contributed by atoms with Crippen LogP contribution in [0.3, 0.4) is 0 Å². The molecular weight excluding hydrogens is 556 g/mol. The van der Waals surface area contributed by atoms with Crippen molar-refractivity contribution in [1.29, 1.82) is 0 Å². The van der Waals surface area contributed by atoms with Gasteiger partial charge in [0.15, 0.2) is 17.2 Å². The molecule has 11 heteroatoms. The maximum atomic E-state index is 14.5. The SMILES string of the molecule is CC=C1CN2[C@@H]3C[C@@]45c6ccc(OC)cc6N[C@]4(O3)[C@@H]2C[C@@H]1[C@@]5(COC(=O)c1cc(OC)c(OC)c(OC)c1)C(=O)OC. The van der Waals surface area contributed by atoms with Crippen LogP contribution in [0.2, 0.25) is 0 Å². The van der Waals surface area contributed by atoms with Gasteiger partial charge in [0, 0.05) is 30.6 Å². The van der Waals surface area contributed by atoms with E-state index in [0.29, 0.717) is 42.4 Å². The van der Waals surface area contributed by atoms with E-state index in [1.54, 1.807) is 19.2 Å². The highest BCUT2D eigenvalue weighted by atomic mass is 16.6. The lowest BCUT2D eigenvalue weighted by Gasteiger charge is -2.64. The third kappa shape index (κ3) is 3.21. The summed E-state index contributed by atoms with van der Waals surface area (Å²) in [6.45, 7) is 2.44. The van der Waals surface area contributed by atoms with Gasteiger partial charge in [-0.2, -0.15) is 0 Å². The number of nitrogens with one attached hydrogen (secondary N) is 1. The zero-order valence-corrected chi connectivity index (χ0v) is 25.1. The topological polar surface area (TPSA) is 114 Å². The molecule has 0 aromatic heterocycles. The first-order chi connectivity index (χ1) is 20.8. The maximum Gasteiger partial charge on any atom is 0.338 e. The van der Waals surface area contributed by atoms with Gasteiger partial charge in [-0.3, -0.25) is 9.69 Å². The van der Waals surface area contributed by atoms with Gasteiger partial charge in [0.25, 0.3) is 0 Å². The van der Waals surface area contributed by atoms with Crippen LogP contribution in [0.25, 0.3) is 0 Å². The number of rotatable bonds is 8. The Morgan fingerprint density at radius 3 is 2.42 bits per heavy atom. The Labute approximate surface area is 249 Å². The van der Waals surface area contributed by atoms with E-state index in [0.717, 1.165) is 16.8 Å². The lowest BCUT2D eigenvalue weighted by molar-refractivity contribution is -0.191. The average Bonchev–Trinajstić information content (AvgIpc) is 3.65. The molecule has 11 nitrogen and oxygen atoms in total. The Morgan fingerprint density at radius 2 is 1.79 bits per heavy atom. The van der Waals surface area contributed by atoms with Gasteiger partial charge in [-0.05, 0) is 37.1 Å². The summed E-state index contributed by atoms with van der Waals surface area (Å²) < 4.78 is 40.6. The van der Waals surface area contributed by atoms with Crippen LogP contribution < -0.4 is 24.3 Å². The van der Waals surface area contributed by atoms with E-state index in [1.807, 2.05) is 25.1 Å². The van der Waals surface area contributed by atoms with Gasteiger partial charge in [0.05, 0.1) is 52.6 Å². The number of fused-ring (bicyclic) bond motifs is 4. The number of benzene rings is 2. The number of hydrogen-bond donors (Lipinski definition) is 1. The Kier molecular flexibility index (Phi) is 6.17. The lowest BCUT2D eigenvalue weighted by atomic mass is 9.42. The van der Waals surface area contributed by atoms with Crippen LogP contribution in [0, 0.1) is 11.3 Å². The van der Waals surface area contributed by atoms with E-state index < -0.39 is 28.5 Å². The van der Waals surface area contributed by atoms with Crippen LogP contribution in [-0.4, -0.2) is 83.5 Å². The standard InChI is InChI=1S/C32H36N2O9/c1-7-17-15-34-25-13-21(17)30(29(36)41-6,16-42-28(35)18-10-23(38-3)27(40-5)24(11-18)39-4)31-14-26(34)43-32(25,31)33-22-12-19(37-2)8-9-20(22)31/h7-12,21,25-26,33H,13-16H2,1-6H3/t21-,25-,26-,30-,31-,32-/m0/s1. The van der Waals surface area contributed by atoms with Crippen molar-refractivity contribution in [3.8, 4) is 23.0 Å². The number of methoxy groups -OCH3 is 5. The van der Waals surface area contributed by atoms with Crippen molar-refractivity contribution in [2.45, 2.75) is 43.2 Å². The minimum absolute atomic E-state index is 0.0157. The summed E-state index contributed by atoms with van der Waals surface area (Å²) in [6.07, 6.45) is 3.06. The van der Waals surface area contributed by atoms with E-state index >= 15 is 0 Å². The number of allylic oxidation sites excluding steroid dienone is 1. The number of esters is 2. The Hall–Kier alpha value is -3.96. The van der Waals surface area contributed by atoms with Gasteiger partial charge in [0.1, 0.15) is 24.0 Å². The summed E-state index contributed by atoms with van der Waals surface area (Å²) in [7, 11) is 7.48. The number of nitrogens with zero attached hydrogens (tertiary/aromatic N) is 1. The molecule has 0 radical (unpaired) electrons. The predicted molar refractivity (Wildman–Crippen MR) is 154 cm³/mol. The van der Waals surface area contributed by atoms with E-state index in [1.165, 1.54) is 28.4 Å². The molecule has 4 fully saturated rings. The van der Waals surface area contributed by atoms with E-state index in [2.05, 4.69) is 16.3 Å². The fraction of sp³-hybridized carbons (Fsp3) is 0.500. The summed E-state index contributed by atoms with van der Waals surface area (Å²) in [5.74, 6) is 0.397. The fourth-order valence-electron chi connectivity index (χ4n) is 8.92. The van der Waals surface area contributed by atoms with Crippen molar-refractivity contribution in [2.24, 2.45) is 11.3 Å². The molecule has 1 saturated carbocycles. The van der Waals surface area contributed by atoms with Gasteiger partial charge in [-0.15, -0.1) is 0 Å². The summed E-state index contributed by atoms with van der Waals surface area (Å²) in [5.41, 5.74) is 0.0224. The third-order valence-corrected chi connectivity index (χ3v) is 10.6. The zero-order chi connectivity index (χ0) is 30.3. The number of carbonyl (C=O) groups excluding carboxylic acids is 2. The number of piperidine rings is 2. The first-order valence-corrected chi connectivity index (χ1v) is 14.4. The van der Waals surface area contributed by atoms with Crippen molar-refractivity contribution in [3.05, 3.63) is 53.1 Å². The van der Waals surface area contributed by atoms with Crippen molar-refractivity contribution in [3.63, 3.8) is 0 Å². The molecule has 1 N–H and O–H groups in total. The second-order valence-electron chi connectivity index (χ2n) is 11.7. The maximum absolute atomic E-state index is 14.5. The van der Waals surface area contributed by atoms with Gasteiger partial charge in [-0.1, -0.05) is 17.7 Å². The van der Waals surface area contributed by atoms with Gasteiger partial charge < -0.3 is 38.5 Å². The molecule has 43 heavy (non-hydrogen) atoms. The molecule has 5 aliphatic rings. The summed E-state index contributed by atoms with van der Waals surface area (Å²) in [5, 5.41) is 3.72. The normalized spacial score (nSPS) is 33.4. The van der Waals surface area contributed by atoms with E-state index in [9.17, 15) is 9.59 Å². The molecule has 7 rings (SSSR count). The minimum Gasteiger partial charge on any atom is -0.497 e. The number of anilines is 1. The molecule has 0 amide bonds. The lowest BCUT2D eigenvalue weighted by Crippen LogP contribution is -2.78. The van der Waals surface area contributed by atoms with Crippen molar-refractivity contribution in [2.75, 3.05) is 54.0 Å². The van der Waals surface area contributed by atoms with Crippen LogP contribution in [0.4, 0.5) is 5.69 Å². The number of carbonyl (C=O) groups is 2. The molecule has 1 aliphatic carbocycles. The van der Waals surface area contributed by atoms with Crippen LogP contribution in [0.15, 0.2) is 42.0 Å². The van der Waals surface area contributed by atoms with Gasteiger partial charge in [0.2, 0.25) is 5.75 Å². The first-order valence-electron chi connectivity index (χ1n) is 14.4. The molecule has 2 aromatic carbocycles. The molecular formula is C32H36N2O9. The molecule has 4 heterocycles. The third-order valence-electron chi connectivity index (χ3n) is 10.6. The summed E-state index contributed by atoms with van der Waals surface area (Å²) in [6, 6.07) is 8.96. The van der Waals surface area contributed by atoms with E-state index in [4.69, 9.17) is 33.2 Å². The van der Waals surface area contributed by atoms with Gasteiger partial charge >= 0.3 is 11.9 Å². The monoisotopic (exact) mass is 592 g/mol. The Balaban J connectivity index is 1.39. The molecule has 1 spiro atoms. The second kappa shape index (κ2) is 9.52. The van der Waals surface area contributed by atoms with Crippen molar-refractivity contribution < 1.29 is 42.7 Å². The van der Waals surface area contributed by atoms with Crippen molar-refractivity contribution in [1.82, 2.24) is 4.90 Å². The Bertz CT molecular complexity index is 1530. The Morgan fingerprint density at radius 1 is 1.05 bits per heavy atom. The first kappa shape index (κ1) is 27.8. The highest BCUT2D eigenvalue weighted by molar-refractivity contribution is 5.92. The second-order valence-corrected chi connectivity index (χ2v) is 11.7. The highest BCUT2D eigenvalue weighted by Gasteiger charge is 2.87. The quantitative estimate of drug-likeness (QED) is 0.359. The molecule has 4 aliphatic heterocycles. The molecule has 4 bridgehead atoms. The highest BCUT2D eigenvalue weighted by Crippen LogP contribution is 2.76. The zero-order valence-electron chi connectivity index (χ0n) is 25.1. The molecule has 2 aromatic rings. The molecule has 6 atom stereocenters. The summed E-state index contributed by atoms with van der Waals surface area (Å²) >= 11 is 0. The van der Waals surface area contributed by atoms with E-state index in [-0.39, 0.29) is 30.4 Å². The van der Waals surface area contributed by atoms with Crippen LogP contribution in [-0.2, 0) is 24.4 Å². The predicted octanol–water partition coefficient (Wildman–Crippen LogP) is 3.51. The van der Waals surface area contributed by atoms with Crippen LogP contribution in [0.1, 0.15) is 35.7 Å². The summed E-state index contributed by atoms with van der Waals surface area (Å²) in [4.78, 5) is 30.7. The molecule has 228 valence electrons. The van der Waals surface area contributed by atoms with Crippen molar-refractivity contribution >= 4 is 17.6 Å². The smallest absolute Gasteiger partial charge is 0.338 e. The van der Waals surface area contributed by atoms with Crippen LogP contribution >= 0.6 is 0 Å². The number of hydrogen-bond acceptors (Lipinski definition) is 11. The largest absolute Gasteiger partial charge is 0.497 e. The molecule has 0 unspecified atom stereocenters. The fourth-order valence-corrected chi connectivity index (χ4v) is 8.92.